The Morgan fingerprint density at radius 3 is 2.33 bits per heavy atom. The van der Waals surface area contributed by atoms with Crippen LogP contribution in [0.25, 0.3) is 10.8 Å². The van der Waals surface area contributed by atoms with Gasteiger partial charge < -0.3 is 9.47 Å². The minimum Gasteiger partial charge on any atom is -0.496 e. The van der Waals surface area contributed by atoms with Crippen molar-refractivity contribution in [2.75, 3.05) is 7.11 Å². The van der Waals surface area contributed by atoms with Crippen LogP contribution in [0.1, 0.15) is 26.3 Å². The zero-order valence-corrected chi connectivity index (χ0v) is 18.4. The molecule has 1 amide bonds. The molecule has 7 heteroatoms. The molecule has 0 atom stereocenters. The summed E-state index contributed by atoms with van der Waals surface area (Å²) in [6.45, 7) is 0. The van der Waals surface area contributed by atoms with Gasteiger partial charge in [0, 0.05) is 5.56 Å². The highest BCUT2D eigenvalue weighted by molar-refractivity contribution is 6.33. The van der Waals surface area contributed by atoms with Gasteiger partial charge in [0.05, 0.1) is 29.5 Å². The van der Waals surface area contributed by atoms with E-state index in [-0.39, 0.29) is 11.3 Å². The molecular formula is C26H19ClN2O4. The summed E-state index contributed by atoms with van der Waals surface area (Å²) in [6, 6.07) is 24.6. The van der Waals surface area contributed by atoms with Gasteiger partial charge in [0.15, 0.2) is 0 Å². The summed E-state index contributed by atoms with van der Waals surface area (Å²) in [7, 11) is 1.49. The van der Waals surface area contributed by atoms with Crippen molar-refractivity contribution in [2.24, 2.45) is 5.10 Å². The molecule has 0 fully saturated rings. The molecule has 4 rings (SSSR count). The normalized spacial score (nSPS) is 10.8. The number of methoxy groups -OCH3 is 1. The van der Waals surface area contributed by atoms with E-state index in [4.69, 9.17) is 21.1 Å². The van der Waals surface area contributed by atoms with E-state index in [1.807, 2.05) is 30.3 Å². The van der Waals surface area contributed by atoms with E-state index in [1.54, 1.807) is 54.6 Å². The molecule has 6 nitrogen and oxygen atoms in total. The van der Waals surface area contributed by atoms with Gasteiger partial charge in [0.25, 0.3) is 5.91 Å². The summed E-state index contributed by atoms with van der Waals surface area (Å²) in [5.41, 5.74) is 3.63. The van der Waals surface area contributed by atoms with Gasteiger partial charge in [0.2, 0.25) is 0 Å². The Balaban J connectivity index is 1.65. The molecule has 0 saturated carbocycles. The first-order valence-corrected chi connectivity index (χ1v) is 10.4. The Hall–Kier alpha value is -4.16. The quantitative estimate of drug-likeness (QED) is 0.179. The molecule has 0 radical (unpaired) electrons. The highest BCUT2D eigenvalue weighted by Gasteiger charge is 2.16. The van der Waals surface area contributed by atoms with Crippen LogP contribution in [0, 0.1) is 0 Å². The summed E-state index contributed by atoms with van der Waals surface area (Å²) in [6.07, 6.45) is 1.45. The highest BCUT2D eigenvalue weighted by Crippen LogP contribution is 2.28. The number of hydrogen-bond donors (Lipinski definition) is 1. The van der Waals surface area contributed by atoms with Crippen molar-refractivity contribution in [3.63, 3.8) is 0 Å². The van der Waals surface area contributed by atoms with Crippen LogP contribution < -0.4 is 14.9 Å². The molecule has 164 valence electrons. The van der Waals surface area contributed by atoms with Crippen LogP contribution in [-0.2, 0) is 0 Å². The summed E-state index contributed by atoms with van der Waals surface area (Å²) in [5.74, 6) is -0.305. The van der Waals surface area contributed by atoms with Crippen molar-refractivity contribution in [1.82, 2.24) is 5.43 Å². The maximum atomic E-state index is 12.7. The number of hydrazone groups is 1. The molecule has 33 heavy (non-hydrogen) atoms. The van der Waals surface area contributed by atoms with Gasteiger partial charge in [-0.3, -0.25) is 4.79 Å². The van der Waals surface area contributed by atoms with Crippen molar-refractivity contribution in [2.45, 2.75) is 0 Å². The van der Waals surface area contributed by atoms with Crippen LogP contribution in [0.15, 0.2) is 90.0 Å². The number of benzene rings is 4. The van der Waals surface area contributed by atoms with Gasteiger partial charge in [-0.2, -0.15) is 5.10 Å². The molecule has 4 aromatic rings. The van der Waals surface area contributed by atoms with Gasteiger partial charge in [-0.15, -0.1) is 0 Å². The zero-order chi connectivity index (χ0) is 23.2. The standard InChI is InChI=1S/C26H19ClN2O4/c1-32-23-13-7-5-11-20(23)25(30)29-28-16-21-18-9-3-2-8-17(18)14-15-24(21)33-26(31)19-10-4-6-12-22(19)27/h2-16H,1H3,(H,29,30). The Labute approximate surface area is 195 Å². The molecule has 0 aromatic heterocycles. The fourth-order valence-corrected chi connectivity index (χ4v) is 3.54. The molecule has 0 heterocycles. The summed E-state index contributed by atoms with van der Waals surface area (Å²) in [5, 5.41) is 6.12. The lowest BCUT2D eigenvalue weighted by molar-refractivity contribution is 0.0734. The zero-order valence-electron chi connectivity index (χ0n) is 17.6. The molecule has 0 spiro atoms. The average Bonchev–Trinajstić information content (AvgIpc) is 2.85. The second kappa shape index (κ2) is 9.97. The fraction of sp³-hybridized carbons (Fsp3) is 0.0385. The number of fused-ring (bicyclic) bond motifs is 1. The number of halogens is 1. The van der Waals surface area contributed by atoms with Crippen molar-refractivity contribution < 1.29 is 19.1 Å². The smallest absolute Gasteiger partial charge is 0.345 e. The number of amides is 1. The lowest BCUT2D eigenvalue weighted by Gasteiger charge is -2.11. The number of carbonyl (C=O) groups excluding carboxylic acids is 2. The minimum absolute atomic E-state index is 0.250. The second-order valence-corrected chi connectivity index (χ2v) is 7.37. The van der Waals surface area contributed by atoms with Crippen molar-refractivity contribution in [1.29, 1.82) is 0 Å². The van der Waals surface area contributed by atoms with Crippen molar-refractivity contribution >= 4 is 40.5 Å². The molecule has 0 saturated heterocycles. The number of para-hydroxylation sites is 1. The maximum absolute atomic E-state index is 12.7. The van der Waals surface area contributed by atoms with Crippen LogP contribution in [0.2, 0.25) is 5.02 Å². The number of rotatable bonds is 6. The second-order valence-electron chi connectivity index (χ2n) is 6.97. The topological polar surface area (TPSA) is 77.0 Å². The molecule has 0 bridgehead atoms. The monoisotopic (exact) mass is 458 g/mol. The molecule has 1 N–H and O–H groups in total. The maximum Gasteiger partial charge on any atom is 0.345 e. The van der Waals surface area contributed by atoms with E-state index in [2.05, 4.69) is 10.5 Å². The summed E-state index contributed by atoms with van der Waals surface area (Å²) < 4.78 is 10.9. The van der Waals surface area contributed by atoms with E-state index in [0.29, 0.717) is 21.9 Å². The Morgan fingerprint density at radius 1 is 0.848 bits per heavy atom. The van der Waals surface area contributed by atoms with Gasteiger partial charge in [0.1, 0.15) is 11.5 Å². The van der Waals surface area contributed by atoms with E-state index < -0.39 is 11.9 Å². The van der Waals surface area contributed by atoms with Crippen LogP contribution in [0.5, 0.6) is 11.5 Å². The van der Waals surface area contributed by atoms with E-state index in [1.165, 1.54) is 13.3 Å². The van der Waals surface area contributed by atoms with Gasteiger partial charge in [-0.1, -0.05) is 66.2 Å². The third kappa shape index (κ3) is 4.86. The van der Waals surface area contributed by atoms with Crippen molar-refractivity contribution in [3.8, 4) is 11.5 Å². The molecule has 0 aliphatic heterocycles. The van der Waals surface area contributed by atoms with E-state index in [9.17, 15) is 9.59 Å². The highest BCUT2D eigenvalue weighted by atomic mass is 35.5. The lowest BCUT2D eigenvalue weighted by Crippen LogP contribution is -2.18. The van der Waals surface area contributed by atoms with E-state index >= 15 is 0 Å². The number of nitrogens with zero attached hydrogens (tertiary/aromatic N) is 1. The molecular weight excluding hydrogens is 440 g/mol. The molecule has 0 aliphatic rings. The Kier molecular flexibility index (Phi) is 6.66. The van der Waals surface area contributed by atoms with Crippen LogP contribution in [0.4, 0.5) is 0 Å². The third-order valence-electron chi connectivity index (χ3n) is 4.94. The number of nitrogens with one attached hydrogen (secondary N) is 1. The van der Waals surface area contributed by atoms with Crippen LogP contribution in [-0.4, -0.2) is 25.2 Å². The van der Waals surface area contributed by atoms with Gasteiger partial charge in [-0.05, 0) is 41.1 Å². The third-order valence-corrected chi connectivity index (χ3v) is 5.27. The van der Waals surface area contributed by atoms with Gasteiger partial charge in [-0.25, -0.2) is 10.2 Å². The number of hydrogen-bond acceptors (Lipinski definition) is 5. The SMILES string of the molecule is COc1ccccc1C(=O)NN=Cc1c(OC(=O)c2ccccc2Cl)ccc2ccccc12. The Bertz CT molecular complexity index is 1370. The fourth-order valence-electron chi connectivity index (χ4n) is 3.33. The predicted molar refractivity (Wildman–Crippen MR) is 128 cm³/mol. The minimum atomic E-state index is -0.594. The Morgan fingerprint density at radius 2 is 1.55 bits per heavy atom. The summed E-state index contributed by atoms with van der Waals surface area (Å²) >= 11 is 6.14. The lowest BCUT2D eigenvalue weighted by atomic mass is 10.0. The van der Waals surface area contributed by atoms with Crippen molar-refractivity contribution in [3.05, 3.63) is 107 Å². The average molecular weight is 459 g/mol. The first-order chi connectivity index (χ1) is 16.1. The summed E-state index contributed by atoms with van der Waals surface area (Å²) in [4.78, 5) is 25.3. The first-order valence-electron chi connectivity index (χ1n) is 10.0. The molecule has 4 aromatic carbocycles. The predicted octanol–water partition coefficient (Wildman–Crippen LogP) is 5.48. The number of esters is 1. The van der Waals surface area contributed by atoms with E-state index in [0.717, 1.165) is 10.8 Å². The molecule has 0 unspecified atom stereocenters. The van der Waals surface area contributed by atoms with Gasteiger partial charge >= 0.3 is 5.97 Å². The first kappa shape index (κ1) is 22.0. The van der Waals surface area contributed by atoms with Crippen LogP contribution >= 0.6 is 11.6 Å². The number of carbonyl (C=O) groups is 2. The number of ether oxygens (including phenoxy) is 2. The van der Waals surface area contributed by atoms with Crippen LogP contribution in [0.3, 0.4) is 0 Å². The largest absolute Gasteiger partial charge is 0.496 e. The molecule has 0 aliphatic carbocycles.